The van der Waals surface area contributed by atoms with Crippen molar-refractivity contribution in [1.82, 2.24) is 0 Å². The van der Waals surface area contributed by atoms with Gasteiger partial charge in [0.05, 0.1) is 11.3 Å². The Morgan fingerprint density at radius 1 is 1.07 bits per heavy atom. The lowest BCUT2D eigenvalue weighted by Crippen LogP contribution is -2.12. The number of benzene rings is 1. The molecule has 0 saturated carbocycles. The first-order valence-electron chi connectivity index (χ1n) is 4.49. The van der Waals surface area contributed by atoms with Crippen molar-refractivity contribution in [2.24, 2.45) is 0 Å². The van der Waals surface area contributed by atoms with Crippen LogP contribution in [-0.4, -0.2) is 11.7 Å². The minimum atomic E-state index is -0.517. The molecule has 0 bridgehead atoms. The maximum atomic E-state index is 11.5. The van der Waals surface area contributed by atoms with Crippen LogP contribution in [0, 0.1) is 20.8 Å². The second-order valence-electron chi connectivity index (χ2n) is 3.67. The van der Waals surface area contributed by atoms with E-state index in [9.17, 15) is 9.59 Å². The molecular weight excluding hydrogens is 178 g/mol. The number of amides is 1. The van der Waals surface area contributed by atoms with E-state index >= 15 is 0 Å². The topological polar surface area (TPSA) is 46.2 Å². The number of rotatable bonds is 0. The number of nitrogens with one attached hydrogen (secondary N) is 1. The number of hydrogen-bond donors (Lipinski definition) is 1. The van der Waals surface area contributed by atoms with Crippen molar-refractivity contribution in [1.29, 1.82) is 0 Å². The van der Waals surface area contributed by atoms with Gasteiger partial charge in [-0.25, -0.2) is 0 Å². The molecular formula is C11H11NO2. The lowest BCUT2D eigenvalue weighted by atomic mass is 9.98. The average molecular weight is 189 g/mol. The second-order valence-corrected chi connectivity index (χ2v) is 3.67. The molecule has 1 aromatic rings. The highest BCUT2D eigenvalue weighted by Crippen LogP contribution is 2.31. The predicted octanol–water partition coefficient (Wildman–Crippen LogP) is 1.75. The zero-order valence-corrected chi connectivity index (χ0v) is 8.39. The lowest BCUT2D eigenvalue weighted by molar-refractivity contribution is -0.112. The molecule has 0 atom stereocenters. The molecule has 1 amide bonds. The number of carbonyl (C=O) groups is 2. The summed E-state index contributed by atoms with van der Waals surface area (Å²) >= 11 is 0. The molecule has 1 heterocycles. The largest absolute Gasteiger partial charge is 0.318 e. The van der Waals surface area contributed by atoms with Crippen LogP contribution in [0.1, 0.15) is 27.0 Å². The fraction of sp³-hybridized carbons (Fsp3) is 0.273. The highest BCUT2D eigenvalue weighted by molar-refractivity contribution is 6.52. The van der Waals surface area contributed by atoms with Crippen LogP contribution in [0.4, 0.5) is 5.69 Å². The highest BCUT2D eigenvalue weighted by atomic mass is 16.2. The van der Waals surface area contributed by atoms with Gasteiger partial charge in [0.15, 0.2) is 0 Å². The van der Waals surface area contributed by atoms with Crippen LogP contribution in [0.2, 0.25) is 0 Å². The first-order chi connectivity index (χ1) is 6.52. The summed E-state index contributed by atoms with van der Waals surface area (Å²) in [7, 11) is 0. The Morgan fingerprint density at radius 2 is 1.71 bits per heavy atom. The average Bonchev–Trinajstić information content (AvgIpc) is 2.40. The van der Waals surface area contributed by atoms with E-state index in [1.54, 1.807) is 0 Å². The van der Waals surface area contributed by atoms with Gasteiger partial charge in [0.2, 0.25) is 0 Å². The van der Waals surface area contributed by atoms with E-state index in [0.717, 1.165) is 16.7 Å². The number of anilines is 1. The van der Waals surface area contributed by atoms with Gasteiger partial charge in [0.25, 0.3) is 11.7 Å². The molecule has 1 N–H and O–H groups in total. The van der Waals surface area contributed by atoms with Crippen LogP contribution in [0.3, 0.4) is 0 Å². The summed E-state index contributed by atoms with van der Waals surface area (Å²) in [4.78, 5) is 22.7. The van der Waals surface area contributed by atoms with Crippen LogP contribution in [0.5, 0.6) is 0 Å². The van der Waals surface area contributed by atoms with Gasteiger partial charge < -0.3 is 5.32 Å². The van der Waals surface area contributed by atoms with Crippen LogP contribution >= 0.6 is 0 Å². The Labute approximate surface area is 82.1 Å². The van der Waals surface area contributed by atoms with Crippen molar-refractivity contribution in [3.8, 4) is 0 Å². The first kappa shape index (κ1) is 8.94. The Bertz CT molecular complexity index is 461. The van der Waals surface area contributed by atoms with Gasteiger partial charge in [-0.3, -0.25) is 9.59 Å². The van der Waals surface area contributed by atoms with Gasteiger partial charge in [-0.15, -0.1) is 0 Å². The van der Waals surface area contributed by atoms with Gasteiger partial charge in [-0.2, -0.15) is 0 Å². The third-order valence-electron chi connectivity index (χ3n) is 2.72. The molecule has 3 nitrogen and oxygen atoms in total. The smallest absolute Gasteiger partial charge is 0.296 e. The molecule has 0 radical (unpaired) electrons. The third-order valence-corrected chi connectivity index (χ3v) is 2.72. The van der Waals surface area contributed by atoms with Crippen LogP contribution in [0.15, 0.2) is 6.07 Å². The number of hydrogen-bond acceptors (Lipinski definition) is 2. The van der Waals surface area contributed by atoms with Gasteiger partial charge >= 0.3 is 0 Å². The van der Waals surface area contributed by atoms with Crippen molar-refractivity contribution in [2.75, 3.05) is 5.32 Å². The minimum absolute atomic E-state index is 0.416. The van der Waals surface area contributed by atoms with E-state index in [0.29, 0.717) is 11.3 Å². The molecule has 1 aliphatic heterocycles. The molecule has 72 valence electrons. The van der Waals surface area contributed by atoms with Crippen molar-refractivity contribution in [3.05, 3.63) is 28.3 Å². The summed E-state index contributed by atoms with van der Waals surface area (Å²) in [6, 6.07) is 1.94. The van der Waals surface area contributed by atoms with Gasteiger partial charge in [-0.05, 0) is 37.5 Å². The summed E-state index contributed by atoms with van der Waals surface area (Å²) in [5.41, 5.74) is 4.17. The normalized spacial score (nSPS) is 14.2. The highest BCUT2D eigenvalue weighted by Gasteiger charge is 2.31. The zero-order chi connectivity index (χ0) is 10.5. The van der Waals surface area contributed by atoms with E-state index in [-0.39, 0.29) is 0 Å². The van der Waals surface area contributed by atoms with Gasteiger partial charge in [0, 0.05) is 0 Å². The Hall–Kier alpha value is -1.64. The quantitative estimate of drug-likeness (QED) is 0.632. The first-order valence-corrected chi connectivity index (χ1v) is 4.49. The maximum absolute atomic E-state index is 11.5. The fourth-order valence-electron chi connectivity index (χ4n) is 1.82. The number of Topliss-reactive ketones (excluding diaryl/α,β-unsaturated/α-hetero) is 1. The fourth-order valence-corrected chi connectivity index (χ4v) is 1.82. The molecule has 1 aromatic carbocycles. The number of carbonyl (C=O) groups excluding carboxylic acids is 2. The number of aryl methyl sites for hydroxylation is 2. The molecule has 0 aliphatic carbocycles. The summed E-state index contributed by atoms with van der Waals surface area (Å²) in [5, 5.41) is 2.61. The van der Waals surface area contributed by atoms with Crippen LogP contribution in [-0.2, 0) is 4.79 Å². The van der Waals surface area contributed by atoms with Crippen LogP contribution in [0.25, 0.3) is 0 Å². The van der Waals surface area contributed by atoms with Crippen molar-refractivity contribution >= 4 is 17.4 Å². The molecule has 0 aromatic heterocycles. The Balaban J connectivity index is 2.79. The summed E-state index contributed by atoms with van der Waals surface area (Å²) in [6.45, 7) is 5.73. The molecule has 0 fully saturated rings. The van der Waals surface area contributed by atoms with E-state index < -0.39 is 11.7 Å². The monoisotopic (exact) mass is 189 g/mol. The molecule has 1 aliphatic rings. The third kappa shape index (κ3) is 0.985. The van der Waals surface area contributed by atoms with E-state index in [1.165, 1.54) is 0 Å². The molecule has 2 rings (SSSR count). The van der Waals surface area contributed by atoms with Gasteiger partial charge in [0.1, 0.15) is 0 Å². The van der Waals surface area contributed by atoms with Crippen molar-refractivity contribution in [2.45, 2.75) is 20.8 Å². The van der Waals surface area contributed by atoms with Crippen LogP contribution < -0.4 is 5.32 Å². The van der Waals surface area contributed by atoms with E-state index in [1.807, 2.05) is 26.8 Å². The SMILES string of the molecule is Cc1cc(C)c2c(c1C)NC(=O)C2=O. The number of fused-ring (bicyclic) bond motifs is 1. The molecule has 3 heteroatoms. The molecule has 0 spiro atoms. The summed E-state index contributed by atoms with van der Waals surface area (Å²) in [6.07, 6.45) is 0. The second kappa shape index (κ2) is 2.67. The summed E-state index contributed by atoms with van der Waals surface area (Å²) < 4.78 is 0. The molecule has 14 heavy (non-hydrogen) atoms. The lowest BCUT2D eigenvalue weighted by Gasteiger charge is -2.08. The zero-order valence-electron chi connectivity index (χ0n) is 8.39. The van der Waals surface area contributed by atoms with Gasteiger partial charge in [-0.1, -0.05) is 6.07 Å². The Morgan fingerprint density at radius 3 is 2.36 bits per heavy atom. The summed E-state index contributed by atoms with van der Waals surface area (Å²) in [5.74, 6) is -0.933. The number of ketones is 1. The standard InChI is InChI=1S/C11H11NO2/c1-5-4-6(2)8-9(7(5)3)12-11(14)10(8)13/h4H,1-3H3,(H,12,13,14). The van der Waals surface area contributed by atoms with E-state index in [2.05, 4.69) is 5.32 Å². The minimum Gasteiger partial charge on any atom is -0.318 e. The van der Waals surface area contributed by atoms with Crippen molar-refractivity contribution in [3.63, 3.8) is 0 Å². The maximum Gasteiger partial charge on any atom is 0.296 e. The predicted molar refractivity (Wildman–Crippen MR) is 53.6 cm³/mol. The molecule has 0 saturated heterocycles. The Kier molecular flexibility index (Phi) is 1.71. The van der Waals surface area contributed by atoms with Crippen molar-refractivity contribution < 1.29 is 9.59 Å². The van der Waals surface area contributed by atoms with E-state index in [4.69, 9.17) is 0 Å². The molecule has 0 unspecified atom stereocenters.